The Labute approximate surface area is 232 Å². The second-order valence-corrected chi connectivity index (χ2v) is 11.9. The topological polar surface area (TPSA) is 123 Å². The summed E-state index contributed by atoms with van der Waals surface area (Å²) in [6.45, 7) is 2.95. The van der Waals surface area contributed by atoms with Crippen molar-refractivity contribution in [3.05, 3.63) is 88.2 Å². The average molecular weight is 567 g/mol. The molecule has 0 fully saturated rings. The molecule has 2 heterocycles. The van der Waals surface area contributed by atoms with Crippen LogP contribution in [0.15, 0.2) is 76.4 Å². The molecule has 204 valence electrons. The fourth-order valence-electron chi connectivity index (χ4n) is 3.98. The predicted octanol–water partition coefficient (Wildman–Crippen LogP) is 4.22. The van der Waals surface area contributed by atoms with Crippen LogP contribution in [-0.4, -0.2) is 61.6 Å². The number of nitrogens with one attached hydrogen (secondary N) is 1. The third kappa shape index (κ3) is 6.82. The van der Waals surface area contributed by atoms with Gasteiger partial charge in [-0.3, -0.25) is 9.78 Å². The quantitative estimate of drug-likeness (QED) is 0.263. The van der Waals surface area contributed by atoms with Crippen molar-refractivity contribution >= 4 is 33.0 Å². The van der Waals surface area contributed by atoms with Crippen molar-refractivity contribution in [2.45, 2.75) is 18.4 Å². The zero-order chi connectivity index (χ0) is 28.2. The number of aryl methyl sites for hydroxylation is 1. The van der Waals surface area contributed by atoms with Gasteiger partial charge in [-0.25, -0.2) is 13.1 Å². The Bertz CT molecular complexity index is 1550. The zero-order valence-electron chi connectivity index (χ0n) is 21.8. The summed E-state index contributed by atoms with van der Waals surface area (Å²) in [6.07, 6.45) is 1.34. The molecule has 0 saturated heterocycles. The lowest BCUT2D eigenvalue weighted by Gasteiger charge is -2.23. The first-order valence-electron chi connectivity index (χ1n) is 12.1. The molecule has 4 aromatic rings. The Morgan fingerprint density at radius 2 is 1.79 bits per heavy atom. The maximum Gasteiger partial charge on any atom is 0.262 e. The number of anilines is 1. The van der Waals surface area contributed by atoms with E-state index in [0.29, 0.717) is 30.0 Å². The van der Waals surface area contributed by atoms with Gasteiger partial charge in [-0.1, -0.05) is 12.1 Å². The van der Waals surface area contributed by atoms with E-state index in [2.05, 4.69) is 9.71 Å². The smallest absolute Gasteiger partial charge is 0.262 e. The number of thiophene rings is 1. The highest BCUT2D eigenvalue weighted by atomic mass is 32.2. The fourth-order valence-corrected chi connectivity index (χ4v) is 5.69. The second kappa shape index (κ2) is 12.0. The van der Waals surface area contributed by atoms with Gasteiger partial charge in [0.2, 0.25) is 10.0 Å². The van der Waals surface area contributed by atoms with E-state index in [1.807, 2.05) is 48.0 Å². The first-order valence-corrected chi connectivity index (χ1v) is 14.5. The van der Waals surface area contributed by atoms with Crippen LogP contribution in [0.2, 0.25) is 0 Å². The summed E-state index contributed by atoms with van der Waals surface area (Å²) in [4.78, 5) is 21.4. The monoisotopic (exact) mass is 566 g/mol. The average Bonchev–Trinajstić information content (AvgIpc) is 3.40. The van der Waals surface area contributed by atoms with E-state index >= 15 is 0 Å². The molecule has 39 heavy (non-hydrogen) atoms. The van der Waals surface area contributed by atoms with E-state index in [0.717, 1.165) is 17.2 Å². The number of pyridine rings is 1. The van der Waals surface area contributed by atoms with Gasteiger partial charge in [0, 0.05) is 36.6 Å². The number of phenolic OH excluding ortho intramolecular Hbond substituents is 2. The van der Waals surface area contributed by atoms with E-state index in [1.165, 1.54) is 29.7 Å². The van der Waals surface area contributed by atoms with Crippen molar-refractivity contribution < 1.29 is 23.4 Å². The second-order valence-electron chi connectivity index (χ2n) is 9.31. The molecule has 0 aliphatic heterocycles. The highest BCUT2D eigenvalue weighted by molar-refractivity contribution is 7.89. The number of likely N-dealkylation sites (N-methyl/N-ethyl adjacent to an activating group) is 1. The minimum atomic E-state index is -3.68. The molecule has 11 heteroatoms. The number of nitrogens with zero attached hydrogens (tertiary/aromatic N) is 3. The lowest BCUT2D eigenvalue weighted by Crippen LogP contribution is -2.31. The first kappa shape index (κ1) is 28.2. The maximum atomic E-state index is 13.5. The van der Waals surface area contributed by atoms with Gasteiger partial charge in [-0.05, 0) is 79.3 Å². The summed E-state index contributed by atoms with van der Waals surface area (Å²) in [6, 6.07) is 14.6. The molecule has 0 saturated carbocycles. The summed E-state index contributed by atoms with van der Waals surface area (Å²) < 4.78 is 27.9. The number of carbonyl (C=O) groups is 1. The van der Waals surface area contributed by atoms with Crippen molar-refractivity contribution in [3.8, 4) is 22.8 Å². The van der Waals surface area contributed by atoms with Crippen LogP contribution in [0.25, 0.3) is 11.3 Å². The van der Waals surface area contributed by atoms with Crippen LogP contribution >= 0.6 is 11.3 Å². The molecular formula is C28H30N4O5S2. The Morgan fingerprint density at radius 1 is 1.05 bits per heavy atom. The van der Waals surface area contributed by atoms with Crippen molar-refractivity contribution in [2.75, 3.05) is 32.1 Å². The molecule has 0 aliphatic rings. The number of hydrogen-bond donors (Lipinski definition) is 3. The van der Waals surface area contributed by atoms with E-state index < -0.39 is 15.9 Å². The predicted molar refractivity (Wildman–Crippen MR) is 153 cm³/mol. The summed E-state index contributed by atoms with van der Waals surface area (Å²) in [5, 5.41) is 23.8. The Balaban J connectivity index is 1.60. The van der Waals surface area contributed by atoms with Crippen molar-refractivity contribution in [3.63, 3.8) is 0 Å². The minimum absolute atomic E-state index is 0.0700. The van der Waals surface area contributed by atoms with Crippen LogP contribution in [0, 0.1) is 6.92 Å². The lowest BCUT2D eigenvalue weighted by atomic mass is 10.1. The number of carbonyl (C=O) groups excluding carboxylic acids is 1. The number of rotatable bonds is 10. The number of sulfonamides is 1. The number of amides is 1. The number of aromatic nitrogens is 1. The van der Waals surface area contributed by atoms with Gasteiger partial charge in [0.25, 0.3) is 5.91 Å². The number of hydrogen-bond acceptors (Lipinski definition) is 8. The van der Waals surface area contributed by atoms with Crippen molar-refractivity contribution in [2.24, 2.45) is 0 Å². The molecule has 0 unspecified atom stereocenters. The summed E-state index contributed by atoms with van der Waals surface area (Å²) in [5.74, 6) is -0.862. The molecule has 3 N–H and O–H groups in total. The van der Waals surface area contributed by atoms with Gasteiger partial charge >= 0.3 is 0 Å². The summed E-state index contributed by atoms with van der Waals surface area (Å²) in [7, 11) is 0.0582. The van der Waals surface area contributed by atoms with E-state index in [1.54, 1.807) is 30.0 Å². The fraction of sp³-hybridized carbons (Fsp3) is 0.214. The molecule has 2 aromatic heterocycles. The van der Waals surface area contributed by atoms with Crippen LogP contribution in [0.1, 0.15) is 21.5 Å². The highest BCUT2D eigenvalue weighted by Gasteiger charge is 2.22. The molecule has 9 nitrogen and oxygen atoms in total. The molecule has 0 radical (unpaired) electrons. The van der Waals surface area contributed by atoms with Gasteiger partial charge < -0.3 is 20.0 Å². The third-order valence-electron chi connectivity index (χ3n) is 6.04. The van der Waals surface area contributed by atoms with Gasteiger partial charge in [0.05, 0.1) is 17.8 Å². The normalized spacial score (nSPS) is 11.6. The summed E-state index contributed by atoms with van der Waals surface area (Å²) >= 11 is 1.52. The van der Waals surface area contributed by atoms with Crippen LogP contribution in [0.3, 0.4) is 0 Å². The SMILES string of the molecule is Cc1cc(S(=O)(=O)NCCN(C)C)cnc1-c1ccc(N(Cc2ccsc2)C(=O)c2ccc(O)cc2O)cc1. The van der Waals surface area contributed by atoms with Gasteiger partial charge in [0.1, 0.15) is 16.4 Å². The Hall–Kier alpha value is -3.77. The number of aromatic hydroxyl groups is 2. The number of phenols is 2. The zero-order valence-corrected chi connectivity index (χ0v) is 23.5. The highest BCUT2D eigenvalue weighted by Crippen LogP contribution is 2.30. The first-order chi connectivity index (χ1) is 18.5. The van der Waals surface area contributed by atoms with Crippen LogP contribution in [0.5, 0.6) is 11.5 Å². The standard InChI is InChI=1S/C28H30N4O5S2/c1-19-14-24(39(36,37)30-11-12-31(2)3)16-29-27(19)21-4-6-22(7-5-21)32(17-20-10-13-38-18-20)28(35)25-9-8-23(33)15-26(25)34/h4-10,13-16,18,30,33-34H,11-12,17H2,1-3H3. The van der Waals surface area contributed by atoms with Crippen LogP contribution in [0.4, 0.5) is 5.69 Å². The molecule has 2 aromatic carbocycles. The molecule has 0 bridgehead atoms. The molecular weight excluding hydrogens is 536 g/mol. The van der Waals surface area contributed by atoms with Crippen molar-refractivity contribution in [1.82, 2.24) is 14.6 Å². The molecule has 1 amide bonds. The van der Waals surface area contributed by atoms with E-state index in [4.69, 9.17) is 0 Å². The molecule has 0 atom stereocenters. The number of benzene rings is 2. The maximum absolute atomic E-state index is 13.5. The Kier molecular flexibility index (Phi) is 8.66. The van der Waals surface area contributed by atoms with Gasteiger partial charge in [0.15, 0.2) is 0 Å². The summed E-state index contributed by atoms with van der Waals surface area (Å²) in [5.41, 5.74) is 3.68. The molecule has 4 rings (SSSR count). The van der Waals surface area contributed by atoms with Crippen LogP contribution < -0.4 is 9.62 Å². The Morgan fingerprint density at radius 3 is 2.41 bits per heavy atom. The van der Waals surface area contributed by atoms with Gasteiger partial charge in [-0.15, -0.1) is 0 Å². The van der Waals surface area contributed by atoms with Crippen molar-refractivity contribution in [1.29, 1.82) is 0 Å². The van der Waals surface area contributed by atoms with Crippen LogP contribution in [-0.2, 0) is 16.6 Å². The largest absolute Gasteiger partial charge is 0.508 e. The van der Waals surface area contributed by atoms with E-state index in [9.17, 15) is 23.4 Å². The van der Waals surface area contributed by atoms with E-state index in [-0.39, 0.29) is 28.5 Å². The minimum Gasteiger partial charge on any atom is -0.508 e. The molecule has 0 aliphatic carbocycles. The lowest BCUT2D eigenvalue weighted by molar-refractivity contribution is 0.0982. The third-order valence-corrected chi connectivity index (χ3v) is 8.20. The van der Waals surface area contributed by atoms with Gasteiger partial charge in [-0.2, -0.15) is 11.3 Å². The molecule has 0 spiro atoms.